The summed E-state index contributed by atoms with van der Waals surface area (Å²) in [7, 11) is 0. The molecular weight excluding hydrogens is 542 g/mol. The van der Waals surface area contributed by atoms with Gasteiger partial charge in [-0.05, 0) is 25.3 Å². The number of hydrogen-bond acceptors (Lipinski definition) is 8. The van der Waals surface area contributed by atoms with Crippen LogP contribution in [0.2, 0.25) is 0 Å². The van der Waals surface area contributed by atoms with Crippen molar-refractivity contribution in [2.45, 2.75) is 41.3 Å². The van der Waals surface area contributed by atoms with Crippen LogP contribution in [0.5, 0.6) is 0 Å². The molecule has 2 bridgehead atoms. The molecule has 10 heteroatoms. The van der Waals surface area contributed by atoms with Crippen LogP contribution in [0.15, 0.2) is 55.6 Å². The van der Waals surface area contributed by atoms with E-state index in [1.165, 1.54) is 6.08 Å². The molecule has 0 radical (unpaired) electrons. The third-order valence-corrected chi connectivity index (χ3v) is 11.2. The average molecular weight is 584 g/mol. The highest BCUT2D eigenvalue weighted by Gasteiger charge is 2.78. The molecule has 1 aromatic carbocycles. The van der Waals surface area contributed by atoms with E-state index < -0.39 is 39.4 Å². The van der Waals surface area contributed by atoms with E-state index in [2.05, 4.69) is 18.1 Å². The molecule has 4 heterocycles. The lowest BCUT2D eigenvalue weighted by atomic mass is 9.66. The zero-order chi connectivity index (χ0) is 29.2. The predicted molar refractivity (Wildman–Crippen MR) is 157 cm³/mol. The van der Waals surface area contributed by atoms with E-state index in [4.69, 9.17) is 9.47 Å². The predicted octanol–water partition coefficient (Wildman–Crippen LogP) is 2.28. The molecule has 9 nitrogen and oxygen atoms in total. The molecule has 0 saturated carbocycles. The van der Waals surface area contributed by atoms with Gasteiger partial charge in [-0.25, -0.2) is 0 Å². The molecule has 2 amide bonds. The summed E-state index contributed by atoms with van der Waals surface area (Å²) >= 11 is 1.60. The van der Waals surface area contributed by atoms with Gasteiger partial charge in [0, 0.05) is 37.5 Å². The van der Waals surface area contributed by atoms with Gasteiger partial charge in [-0.2, -0.15) is 0 Å². The standard InChI is InChI=1S/C31H41N3O6S/c1-4-13-33(15-14-32-16-19-39-20-17-32)28(37)26-31-12-11-30(3,41-31)25(29(38)40-18-5-2)24(31)27(36)34(26)23(21-35)22-9-7-6-8-10-22/h4-10,23-26,35H,1-2,11-21H2,3H3/t23-,24+,25+,26?,30-,31?/m1/s1. The number of amides is 2. The average Bonchev–Trinajstić information content (AvgIpc) is 3.56. The molecule has 5 rings (SSSR count). The number of benzene rings is 1. The lowest BCUT2D eigenvalue weighted by molar-refractivity contribution is -0.155. The Hall–Kier alpha value is -2.66. The van der Waals surface area contributed by atoms with E-state index in [0.717, 1.165) is 18.7 Å². The van der Waals surface area contributed by atoms with Gasteiger partial charge in [0.25, 0.3) is 0 Å². The Morgan fingerprint density at radius 1 is 1.22 bits per heavy atom. The highest BCUT2D eigenvalue weighted by atomic mass is 32.2. The largest absolute Gasteiger partial charge is 0.461 e. The molecule has 0 aromatic heterocycles. The summed E-state index contributed by atoms with van der Waals surface area (Å²) in [6.45, 7) is 13.7. The summed E-state index contributed by atoms with van der Waals surface area (Å²) in [6.07, 6.45) is 4.55. The molecule has 1 spiro atoms. The summed E-state index contributed by atoms with van der Waals surface area (Å²) in [5.41, 5.74) is 0.748. The van der Waals surface area contributed by atoms with Crippen molar-refractivity contribution in [3.05, 3.63) is 61.2 Å². The first-order valence-corrected chi connectivity index (χ1v) is 15.3. The molecule has 6 atom stereocenters. The van der Waals surface area contributed by atoms with Gasteiger partial charge in [-0.1, -0.05) is 49.1 Å². The van der Waals surface area contributed by atoms with Gasteiger partial charge in [0.05, 0.1) is 42.4 Å². The van der Waals surface area contributed by atoms with E-state index in [1.807, 2.05) is 37.3 Å². The maximum absolute atomic E-state index is 14.7. The molecule has 4 saturated heterocycles. The van der Waals surface area contributed by atoms with E-state index in [0.29, 0.717) is 45.7 Å². The van der Waals surface area contributed by atoms with Crippen molar-refractivity contribution in [3.8, 4) is 0 Å². The van der Waals surface area contributed by atoms with Gasteiger partial charge in [-0.3, -0.25) is 19.3 Å². The summed E-state index contributed by atoms with van der Waals surface area (Å²) < 4.78 is 9.68. The number of morpholine rings is 1. The molecule has 41 heavy (non-hydrogen) atoms. The Balaban J connectivity index is 1.54. The van der Waals surface area contributed by atoms with Gasteiger partial charge in [0.2, 0.25) is 11.8 Å². The molecule has 0 aliphatic carbocycles. The van der Waals surface area contributed by atoms with Crippen LogP contribution >= 0.6 is 11.8 Å². The zero-order valence-electron chi connectivity index (χ0n) is 23.8. The fraction of sp³-hybridized carbons (Fsp3) is 0.581. The summed E-state index contributed by atoms with van der Waals surface area (Å²) in [4.78, 5) is 48.4. The highest BCUT2D eigenvalue weighted by molar-refractivity contribution is 8.02. The third kappa shape index (κ3) is 5.24. The Morgan fingerprint density at radius 2 is 1.95 bits per heavy atom. The van der Waals surface area contributed by atoms with Crippen LogP contribution in [0.3, 0.4) is 0 Å². The SMILES string of the molecule is C=CCOC(=O)[C@@H]1[C@H]2C(=O)N([C@H](CO)c3ccccc3)C(C(=O)N(CC=C)CCN3CCOCC3)C23CC[C@@]1(C)S3. The van der Waals surface area contributed by atoms with Crippen molar-refractivity contribution < 1.29 is 29.0 Å². The van der Waals surface area contributed by atoms with Crippen molar-refractivity contribution in [2.24, 2.45) is 11.8 Å². The van der Waals surface area contributed by atoms with E-state index in [-0.39, 0.29) is 25.0 Å². The number of ether oxygens (including phenoxy) is 2. The molecule has 2 unspecified atom stereocenters. The maximum Gasteiger partial charge on any atom is 0.311 e. The van der Waals surface area contributed by atoms with E-state index in [9.17, 15) is 19.5 Å². The van der Waals surface area contributed by atoms with Crippen molar-refractivity contribution in [3.63, 3.8) is 0 Å². The Bertz CT molecular complexity index is 1160. The number of nitrogens with zero attached hydrogens (tertiary/aromatic N) is 3. The van der Waals surface area contributed by atoms with Crippen molar-refractivity contribution in [1.82, 2.24) is 14.7 Å². The quantitative estimate of drug-likeness (QED) is 0.296. The minimum Gasteiger partial charge on any atom is -0.461 e. The summed E-state index contributed by atoms with van der Waals surface area (Å²) in [5, 5.41) is 10.7. The Labute approximate surface area is 246 Å². The minimum absolute atomic E-state index is 0.0635. The number of likely N-dealkylation sites (tertiary alicyclic amines) is 1. The molecule has 1 aromatic rings. The first kappa shape index (κ1) is 29.8. The summed E-state index contributed by atoms with van der Waals surface area (Å²) in [5.74, 6) is -2.27. The monoisotopic (exact) mass is 583 g/mol. The van der Waals surface area contributed by atoms with Crippen molar-refractivity contribution in [2.75, 3.05) is 59.2 Å². The van der Waals surface area contributed by atoms with Gasteiger partial charge in [0.15, 0.2) is 0 Å². The molecule has 4 fully saturated rings. The first-order valence-electron chi connectivity index (χ1n) is 14.5. The van der Waals surface area contributed by atoms with E-state index >= 15 is 0 Å². The van der Waals surface area contributed by atoms with Crippen LogP contribution in [-0.2, 0) is 23.9 Å². The lowest BCUT2D eigenvalue weighted by Gasteiger charge is -2.40. The van der Waals surface area contributed by atoms with Gasteiger partial charge < -0.3 is 24.4 Å². The molecule has 1 N–H and O–H groups in total. The molecule has 4 aliphatic rings. The van der Waals surface area contributed by atoms with Crippen molar-refractivity contribution >= 4 is 29.5 Å². The zero-order valence-corrected chi connectivity index (χ0v) is 24.6. The lowest BCUT2D eigenvalue weighted by Crippen LogP contribution is -2.56. The molecule has 4 aliphatic heterocycles. The fourth-order valence-electron chi connectivity index (χ4n) is 7.30. The van der Waals surface area contributed by atoms with Gasteiger partial charge in [-0.15, -0.1) is 18.3 Å². The van der Waals surface area contributed by atoms with Crippen LogP contribution in [0.25, 0.3) is 0 Å². The number of thioether (sulfide) groups is 1. The normalized spacial score (nSPS) is 31.5. The highest BCUT2D eigenvalue weighted by Crippen LogP contribution is 2.72. The second-order valence-electron chi connectivity index (χ2n) is 11.5. The van der Waals surface area contributed by atoms with Crippen molar-refractivity contribution in [1.29, 1.82) is 0 Å². The fourth-order valence-corrected chi connectivity index (χ4v) is 9.63. The molecular formula is C31H41N3O6S. The first-order chi connectivity index (χ1) is 19.8. The number of hydrogen-bond donors (Lipinski definition) is 1. The number of aliphatic hydroxyl groups is 1. The Morgan fingerprint density at radius 3 is 2.61 bits per heavy atom. The maximum atomic E-state index is 14.7. The second kappa shape index (κ2) is 12.3. The van der Waals surface area contributed by atoms with Crippen LogP contribution < -0.4 is 0 Å². The van der Waals surface area contributed by atoms with Crippen LogP contribution in [0.1, 0.15) is 31.4 Å². The van der Waals surface area contributed by atoms with Crippen LogP contribution in [-0.4, -0.2) is 112 Å². The Kier molecular flexibility index (Phi) is 8.94. The number of aliphatic hydroxyl groups excluding tert-OH is 1. The number of rotatable bonds is 12. The second-order valence-corrected chi connectivity index (χ2v) is 13.4. The number of carbonyl (C=O) groups excluding carboxylic acids is 3. The topological polar surface area (TPSA) is 99.6 Å². The smallest absolute Gasteiger partial charge is 0.311 e. The third-order valence-electron chi connectivity index (χ3n) is 9.19. The summed E-state index contributed by atoms with van der Waals surface area (Å²) in [6, 6.07) is 7.76. The van der Waals surface area contributed by atoms with Crippen LogP contribution in [0, 0.1) is 11.8 Å². The number of fused-ring (bicyclic) bond motifs is 1. The van der Waals surface area contributed by atoms with Crippen LogP contribution in [0.4, 0.5) is 0 Å². The van der Waals surface area contributed by atoms with Gasteiger partial charge in [0.1, 0.15) is 12.6 Å². The van der Waals surface area contributed by atoms with E-state index in [1.54, 1.807) is 27.6 Å². The molecule has 222 valence electrons. The van der Waals surface area contributed by atoms with Gasteiger partial charge >= 0.3 is 5.97 Å². The number of carbonyl (C=O) groups is 3. The minimum atomic E-state index is -0.842. The number of esters is 1.